The molecule has 2 amide bonds. The van der Waals surface area contributed by atoms with Gasteiger partial charge in [-0.25, -0.2) is 5.43 Å². The summed E-state index contributed by atoms with van der Waals surface area (Å²) in [6.07, 6.45) is 2.32. The van der Waals surface area contributed by atoms with Crippen LogP contribution in [0.2, 0.25) is 0 Å². The van der Waals surface area contributed by atoms with Gasteiger partial charge in [-0.1, -0.05) is 25.1 Å². The van der Waals surface area contributed by atoms with E-state index in [-0.39, 0.29) is 6.04 Å². The molecule has 2 N–H and O–H groups in total. The van der Waals surface area contributed by atoms with Gasteiger partial charge in [-0.3, -0.25) is 9.59 Å². The number of benzene rings is 1. The number of amides is 2. The van der Waals surface area contributed by atoms with Gasteiger partial charge in [0.15, 0.2) is 0 Å². The molecule has 6 heteroatoms. The molecule has 1 aromatic carbocycles. The van der Waals surface area contributed by atoms with Crippen molar-refractivity contribution >= 4 is 18.0 Å². The van der Waals surface area contributed by atoms with Crippen molar-refractivity contribution in [1.82, 2.24) is 15.3 Å². The Hall–Kier alpha value is -2.89. The molecule has 0 saturated carbocycles. The Morgan fingerprint density at radius 2 is 1.88 bits per heavy atom. The van der Waals surface area contributed by atoms with Gasteiger partial charge in [-0.15, -0.1) is 0 Å². The molecule has 0 fully saturated rings. The molecule has 0 aliphatic heterocycles. The van der Waals surface area contributed by atoms with Gasteiger partial charge in [0.2, 0.25) is 0 Å². The molecular formula is C20H26N4O2. The smallest absolute Gasteiger partial charge is 0.329 e. The highest BCUT2D eigenvalue weighted by Crippen LogP contribution is 2.22. The second-order valence-electron chi connectivity index (χ2n) is 6.43. The summed E-state index contributed by atoms with van der Waals surface area (Å²) in [5.74, 6) is -1.45. The van der Waals surface area contributed by atoms with Gasteiger partial charge in [0.05, 0.1) is 6.21 Å². The summed E-state index contributed by atoms with van der Waals surface area (Å²) < 4.78 is 2.15. The van der Waals surface area contributed by atoms with Crippen molar-refractivity contribution in [3.05, 3.63) is 52.8 Å². The Bertz CT molecular complexity index is 836. The second kappa shape index (κ2) is 8.47. The van der Waals surface area contributed by atoms with Crippen LogP contribution in [0.1, 0.15) is 42.8 Å². The first-order valence-corrected chi connectivity index (χ1v) is 8.74. The van der Waals surface area contributed by atoms with E-state index in [1.54, 1.807) is 6.21 Å². The molecule has 0 aliphatic rings. The van der Waals surface area contributed by atoms with E-state index < -0.39 is 11.8 Å². The highest BCUT2D eigenvalue weighted by atomic mass is 16.2. The van der Waals surface area contributed by atoms with Crippen LogP contribution in [0.3, 0.4) is 0 Å². The monoisotopic (exact) mass is 354 g/mol. The van der Waals surface area contributed by atoms with Gasteiger partial charge in [-0.05, 0) is 51.8 Å². The van der Waals surface area contributed by atoms with E-state index in [2.05, 4.69) is 39.5 Å². The zero-order valence-corrected chi connectivity index (χ0v) is 16.0. The maximum absolute atomic E-state index is 11.8. The molecule has 2 aromatic rings. The van der Waals surface area contributed by atoms with Crippen molar-refractivity contribution in [2.45, 2.75) is 47.1 Å². The zero-order valence-electron chi connectivity index (χ0n) is 16.0. The highest BCUT2D eigenvalue weighted by Gasteiger charge is 2.15. The third-order valence-corrected chi connectivity index (χ3v) is 4.39. The van der Waals surface area contributed by atoms with E-state index in [9.17, 15) is 9.59 Å². The van der Waals surface area contributed by atoms with Crippen molar-refractivity contribution in [3.63, 3.8) is 0 Å². The molecule has 1 heterocycles. The number of para-hydroxylation sites is 1. The van der Waals surface area contributed by atoms with Crippen LogP contribution in [0.4, 0.5) is 0 Å². The summed E-state index contributed by atoms with van der Waals surface area (Å²) in [5.41, 5.74) is 7.53. The van der Waals surface area contributed by atoms with Crippen LogP contribution in [0.15, 0.2) is 35.4 Å². The number of nitrogens with one attached hydrogen (secondary N) is 2. The molecule has 2 rings (SSSR count). The van der Waals surface area contributed by atoms with Gasteiger partial charge in [-0.2, -0.15) is 5.10 Å². The van der Waals surface area contributed by atoms with Crippen LogP contribution < -0.4 is 10.7 Å². The topological polar surface area (TPSA) is 75.5 Å². The number of carbonyl (C=O) groups excluding carboxylic acids is 2. The Morgan fingerprint density at radius 3 is 2.54 bits per heavy atom. The normalized spacial score (nSPS) is 12.2. The molecule has 0 aliphatic carbocycles. The fourth-order valence-corrected chi connectivity index (χ4v) is 2.71. The number of aromatic nitrogens is 1. The average Bonchev–Trinajstić information content (AvgIpc) is 2.89. The fraction of sp³-hybridized carbons (Fsp3) is 0.350. The molecule has 26 heavy (non-hydrogen) atoms. The predicted molar refractivity (Wildman–Crippen MR) is 104 cm³/mol. The van der Waals surface area contributed by atoms with E-state index in [4.69, 9.17) is 0 Å². The summed E-state index contributed by atoms with van der Waals surface area (Å²) in [5, 5.41) is 6.53. The predicted octanol–water partition coefficient (Wildman–Crippen LogP) is 2.77. The Labute approximate surface area is 154 Å². The molecule has 0 unspecified atom stereocenters. The van der Waals surface area contributed by atoms with Crippen molar-refractivity contribution in [2.24, 2.45) is 5.10 Å². The van der Waals surface area contributed by atoms with Crippen molar-refractivity contribution in [1.29, 1.82) is 0 Å². The number of hydrazone groups is 1. The van der Waals surface area contributed by atoms with Crippen LogP contribution in [-0.2, 0) is 9.59 Å². The third-order valence-electron chi connectivity index (χ3n) is 4.39. The van der Waals surface area contributed by atoms with Crippen molar-refractivity contribution in [3.8, 4) is 5.69 Å². The number of aryl methyl sites for hydroxylation is 2. The maximum atomic E-state index is 11.8. The largest absolute Gasteiger partial charge is 0.345 e. The molecule has 138 valence electrons. The van der Waals surface area contributed by atoms with Gasteiger partial charge in [0.1, 0.15) is 0 Å². The van der Waals surface area contributed by atoms with Gasteiger partial charge >= 0.3 is 11.8 Å². The first-order chi connectivity index (χ1) is 12.3. The Morgan fingerprint density at radius 1 is 1.19 bits per heavy atom. The van der Waals surface area contributed by atoms with Crippen molar-refractivity contribution < 1.29 is 9.59 Å². The van der Waals surface area contributed by atoms with Crippen LogP contribution >= 0.6 is 0 Å². The molecular weight excluding hydrogens is 328 g/mol. The number of hydrogen-bond acceptors (Lipinski definition) is 3. The van der Waals surface area contributed by atoms with Crippen LogP contribution in [0.25, 0.3) is 5.69 Å². The van der Waals surface area contributed by atoms with Crippen LogP contribution in [0.5, 0.6) is 0 Å². The van der Waals surface area contributed by atoms with E-state index in [1.165, 1.54) is 5.56 Å². The molecule has 1 atom stereocenters. The van der Waals surface area contributed by atoms with E-state index in [1.807, 2.05) is 45.9 Å². The lowest BCUT2D eigenvalue weighted by atomic mass is 10.2. The average molecular weight is 354 g/mol. The lowest BCUT2D eigenvalue weighted by Gasteiger charge is -2.12. The fourth-order valence-electron chi connectivity index (χ4n) is 2.71. The molecule has 0 saturated heterocycles. The van der Waals surface area contributed by atoms with E-state index in [0.29, 0.717) is 0 Å². The number of hydrogen-bond donors (Lipinski definition) is 2. The maximum Gasteiger partial charge on any atom is 0.329 e. The molecule has 0 bridgehead atoms. The summed E-state index contributed by atoms with van der Waals surface area (Å²) in [7, 11) is 0. The summed E-state index contributed by atoms with van der Waals surface area (Å²) in [6, 6.07) is 10.1. The minimum atomic E-state index is -0.769. The highest BCUT2D eigenvalue weighted by molar-refractivity contribution is 6.35. The first-order valence-electron chi connectivity index (χ1n) is 8.74. The van der Waals surface area contributed by atoms with Gasteiger partial charge in [0.25, 0.3) is 0 Å². The summed E-state index contributed by atoms with van der Waals surface area (Å²) >= 11 is 0. The number of rotatable bonds is 5. The lowest BCUT2D eigenvalue weighted by molar-refractivity contribution is -0.139. The van der Waals surface area contributed by atoms with Gasteiger partial charge < -0.3 is 9.88 Å². The standard InChI is InChI=1S/C20H26N4O2/c1-6-14(3)22-19(25)20(26)23-21-12-17-11-15(4)24(16(17)5)18-10-8-7-9-13(18)2/h7-12,14H,6H2,1-5H3,(H,22,25)(H,23,26)/b21-12-/t14-/m0/s1. The van der Waals surface area contributed by atoms with E-state index >= 15 is 0 Å². The SMILES string of the molecule is CC[C@H](C)NC(=O)C(=O)N/N=C\c1cc(C)n(-c2ccccc2C)c1C. The second-order valence-corrected chi connectivity index (χ2v) is 6.43. The summed E-state index contributed by atoms with van der Waals surface area (Å²) in [4.78, 5) is 23.5. The zero-order chi connectivity index (χ0) is 19.3. The molecule has 6 nitrogen and oxygen atoms in total. The molecule has 0 spiro atoms. The summed E-state index contributed by atoms with van der Waals surface area (Å²) in [6.45, 7) is 9.87. The molecule has 1 aromatic heterocycles. The minimum absolute atomic E-state index is 0.0507. The van der Waals surface area contributed by atoms with E-state index in [0.717, 1.165) is 29.1 Å². The van der Waals surface area contributed by atoms with Crippen LogP contribution in [0, 0.1) is 20.8 Å². The first kappa shape index (κ1) is 19.4. The lowest BCUT2D eigenvalue weighted by Crippen LogP contribution is -2.41. The number of nitrogens with zero attached hydrogens (tertiary/aromatic N) is 2. The molecule has 0 radical (unpaired) electrons. The number of carbonyl (C=O) groups is 2. The van der Waals surface area contributed by atoms with Crippen molar-refractivity contribution in [2.75, 3.05) is 0 Å². The quantitative estimate of drug-likeness (QED) is 0.492. The van der Waals surface area contributed by atoms with Gasteiger partial charge in [0, 0.05) is 28.7 Å². The Balaban J connectivity index is 2.13. The minimum Gasteiger partial charge on any atom is -0.345 e. The third kappa shape index (κ3) is 4.39. The van der Waals surface area contributed by atoms with Crippen LogP contribution in [-0.4, -0.2) is 28.6 Å². The Kier molecular flexibility index (Phi) is 6.33.